The van der Waals surface area contributed by atoms with Crippen LogP contribution in [0.2, 0.25) is 5.15 Å². The summed E-state index contributed by atoms with van der Waals surface area (Å²) in [6.07, 6.45) is -2.28. The molecule has 0 aliphatic rings. The van der Waals surface area contributed by atoms with Gasteiger partial charge < -0.3 is 10.1 Å². The lowest BCUT2D eigenvalue weighted by Crippen LogP contribution is -2.17. The Morgan fingerprint density at radius 3 is 2.33 bits per heavy atom. The minimum Gasteiger partial charge on any atom is -0.406 e. The number of ether oxygens (including phenoxy) is 1. The third-order valence-corrected chi connectivity index (χ3v) is 2.41. The lowest BCUT2D eigenvalue weighted by Gasteiger charge is -2.09. The van der Waals surface area contributed by atoms with Gasteiger partial charge in [0.15, 0.2) is 5.82 Å². The average molecular weight is 318 g/mol. The van der Waals surface area contributed by atoms with Crippen molar-refractivity contribution >= 4 is 23.3 Å². The van der Waals surface area contributed by atoms with E-state index in [1.54, 1.807) is 0 Å². The van der Waals surface area contributed by atoms with Gasteiger partial charge in [0, 0.05) is 5.56 Å². The summed E-state index contributed by atoms with van der Waals surface area (Å²) in [7, 11) is 0. The van der Waals surface area contributed by atoms with E-state index in [1.807, 2.05) is 0 Å². The quantitative estimate of drug-likeness (QED) is 0.943. The van der Waals surface area contributed by atoms with E-state index < -0.39 is 18.0 Å². The van der Waals surface area contributed by atoms with Gasteiger partial charge in [0.05, 0.1) is 12.4 Å². The Labute approximate surface area is 121 Å². The highest BCUT2D eigenvalue weighted by molar-refractivity contribution is 6.29. The maximum atomic E-state index is 12.0. The van der Waals surface area contributed by atoms with E-state index in [0.29, 0.717) is 0 Å². The van der Waals surface area contributed by atoms with Crippen LogP contribution in [0.25, 0.3) is 0 Å². The first-order valence-electron chi connectivity index (χ1n) is 5.48. The van der Waals surface area contributed by atoms with Gasteiger partial charge in [-0.3, -0.25) is 4.79 Å². The summed E-state index contributed by atoms with van der Waals surface area (Å²) in [4.78, 5) is 19.4. The Balaban J connectivity index is 2.04. The Bertz CT molecular complexity index is 630. The molecule has 1 heterocycles. The summed E-state index contributed by atoms with van der Waals surface area (Å²) in [5.41, 5.74) is 0.140. The minimum atomic E-state index is -4.78. The zero-order chi connectivity index (χ0) is 15.5. The fourth-order valence-electron chi connectivity index (χ4n) is 1.37. The number of benzene rings is 1. The zero-order valence-corrected chi connectivity index (χ0v) is 10.9. The highest BCUT2D eigenvalue weighted by Gasteiger charge is 2.31. The van der Waals surface area contributed by atoms with E-state index in [1.165, 1.54) is 24.5 Å². The van der Waals surface area contributed by atoms with Gasteiger partial charge in [-0.25, -0.2) is 9.97 Å². The molecule has 0 saturated carbocycles. The van der Waals surface area contributed by atoms with Crippen molar-refractivity contribution in [2.45, 2.75) is 6.36 Å². The number of rotatable bonds is 3. The maximum absolute atomic E-state index is 12.0. The van der Waals surface area contributed by atoms with E-state index >= 15 is 0 Å². The number of hydrogen-bond acceptors (Lipinski definition) is 4. The molecule has 1 N–H and O–H groups in total. The summed E-state index contributed by atoms with van der Waals surface area (Å²) in [6.45, 7) is 0. The Morgan fingerprint density at radius 1 is 1.14 bits per heavy atom. The molecule has 1 aromatic heterocycles. The summed E-state index contributed by atoms with van der Waals surface area (Å²) in [5.74, 6) is -0.796. The Morgan fingerprint density at radius 2 is 1.81 bits per heavy atom. The standard InChI is InChI=1S/C12H7ClF3N3O2/c13-9-5-18-10(6-17-9)19-11(20)7-1-3-8(4-2-7)21-12(14,15)16/h1-6H,(H,18,19,20). The SMILES string of the molecule is O=C(Nc1cnc(Cl)cn1)c1ccc(OC(F)(F)F)cc1. The Hall–Kier alpha value is -2.35. The minimum absolute atomic E-state index is 0.140. The second kappa shape index (κ2) is 5.96. The van der Waals surface area contributed by atoms with Crippen LogP contribution >= 0.6 is 11.6 Å². The molecule has 110 valence electrons. The summed E-state index contributed by atoms with van der Waals surface area (Å²) < 4.78 is 39.7. The molecular weight excluding hydrogens is 311 g/mol. The van der Waals surface area contributed by atoms with Gasteiger partial charge >= 0.3 is 6.36 Å². The molecule has 5 nitrogen and oxygen atoms in total. The first-order chi connectivity index (χ1) is 9.83. The van der Waals surface area contributed by atoms with Crippen LogP contribution in [-0.2, 0) is 0 Å². The smallest absolute Gasteiger partial charge is 0.406 e. The average Bonchev–Trinajstić information content (AvgIpc) is 2.40. The monoisotopic (exact) mass is 317 g/mol. The van der Waals surface area contributed by atoms with Gasteiger partial charge in [-0.15, -0.1) is 13.2 Å². The number of hydrogen-bond donors (Lipinski definition) is 1. The fourth-order valence-corrected chi connectivity index (χ4v) is 1.47. The number of amides is 1. The lowest BCUT2D eigenvalue weighted by molar-refractivity contribution is -0.274. The van der Waals surface area contributed by atoms with Gasteiger partial charge in [-0.1, -0.05) is 11.6 Å². The molecule has 0 aliphatic carbocycles. The molecule has 0 unspecified atom stereocenters. The highest BCUT2D eigenvalue weighted by atomic mass is 35.5. The van der Waals surface area contributed by atoms with Crippen molar-refractivity contribution in [1.29, 1.82) is 0 Å². The summed E-state index contributed by atoms with van der Waals surface area (Å²) >= 11 is 5.54. The van der Waals surface area contributed by atoms with Crippen molar-refractivity contribution in [2.75, 3.05) is 5.32 Å². The number of aromatic nitrogens is 2. The van der Waals surface area contributed by atoms with E-state index in [-0.39, 0.29) is 16.5 Å². The predicted octanol–water partition coefficient (Wildman–Crippen LogP) is 3.28. The molecule has 0 saturated heterocycles. The van der Waals surface area contributed by atoms with Crippen LogP contribution in [0.15, 0.2) is 36.7 Å². The summed E-state index contributed by atoms with van der Waals surface area (Å²) in [5, 5.41) is 2.59. The van der Waals surface area contributed by atoms with Crippen molar-refractivity contribution in [3.63, 3.8) is 0 Å². The number of alkyl halides is 3. The van der Waals surface area contributed by atoms with Crippen molar-refractivity contribution in [3.8, 4) is 5.75 Å². The fraction of sp³-hybridized carbons (Fsp3) is 0.0833. The van der Waals surface area contributed by atoms with Crippen molar-refractivity contribution in [1.82, 2.24) is 9.97 Å². The molecule has 0 radical (unpaired) electrons. The molecule has 1 aromatic carbocycles. The van der Waals surface area contributed by atoms with Gasteiger partial charge in [-0.2, -0.15) is 0 Å². The van der Waals surface area contributed by atoms with Gasteiger partial charge in [0.1, 0.15) is 10.9 Å². The van der Waals surface area contributed by atoms with E-state index in [0.717, 1.165) is 12.1 Å². The first kappa shape index (κ1) is 15.0. The summed E-state index contributed by atoms with van der Waals surface area (Å²) in [6, 6.07) is 4.46. The number of anilines is 1. The molecule has 2 rings (SSSR count). The molecular formula is C12H7ClF3N3O2. The largest absolute Gasteiger partial charge is 0.573 e. The Kier molecular flexibility index (Phi) is 4.27. The molecule has 0 atom stereocenters. The highest BCUT2D eigenvalue weighted by Crippen LogP contribution is 2.22. The van der Waals surface area contributed by atoms with Crippen LogP contribution < -0.4 is 10.1 Å². The third kappa shape index (κ3) is 4.60. The predicted molar refractivity (Wildman–Crippen MR) is 68.1 cm³/mol. The van der Waals surface area contributed by atoms with E-state index in [9.17, 15) is 18.0 Å². The second-order valence-corrected chi connectivity index (χ2v) is 4.14. The van der Waals surface area contributed by atoms with Crippen LogP contribution in [0, 0.1) is 0 Å². The van der Waals surface area contributed by atoms with Gasteiger partial charge in [0.2, 0.25) is 0 Å². The first-order valence-corrected chi connectivity index (χ1v) is 5.86. The van der Waals surface area contributed by atoms with Crippen molar-refractivity contribution < 1.29 is 22.7 Å². The molecule has 1 amide bonds. The number of carbonyl (C=O) groups excluding carboxylic acids is 1. The maximum Gasteiger partial charge on any atom is 0.573 e. The normalized spacial score (nSPS) is 11.0. The van der Waals surface area contributed by atoms with E-state index in [2.05, 4.69) is 20.0 Å². The lowest BCUT2D eigenvalue weighted by atomic mass is 10.2. The third-order valence-electron chi connectivity index (χ3n) is 2.21. The molecule has 0 fully saturated rings. The van der Waals surface area contributed by atoms with Crippen LogP contribution in [0.5, 0.6) is 5.75 Å². The molecule has 0 aliphatic heterocycles. The molecule has 0 spiro atoms. The number of carbonyl (C=O) groups is 1. The molecule has 0 bridgehead atoms. The zero-order valence-electron chi connectivity index (χ0n) is 10.2. The van der Waals surface area contributed by atoms with Crippen LogP contribution in [0.4, 0.5) is 19.0 Å². The topological polar surface area (TPSA) is 64.1 Å². The van der Waals surface area contributed by atoms with Crippen LogP contribution in [0.3, 0.4) is 0 Å². The number of halogens is 4. The molecule has 9 heteroatoms. The second-order valence-electron chi connectivity index (χ2n) is 3.75. The number of nitrogens with zero attached hydrogens (tertiary/aromatic N) is 2. The van der Waals surface area contributed by atoms with Crippen molar-refractivity contribution in [2.24, 2.45) is 0 Å². The van der Waals surface area contributed by atoms with Crippen molar-refractivity contribution in [3.05, 3.63) is 47.4 Å². The molecule has 21 heavy (non-hydrogen) atoms. The van der Waals surface area contributed by atoms with Gasteiger partial charge in [-0.05, 0) is 24.3 Å². The number of nitrogens with one attached hydrogen (secondary N) is 1. The molecule has 2 aromatic rings. The van der Waals surface area contributed by atoms with Crippen LogP contribution in [-0.4, -0.2) is 22.2 Å². The van der Waals surface area contributed by atoms with Gasteiger partial charge in [0.25, 0.3) is 5.91 Å². The van der Waals surface area contributed by atoms with Crippen LogP contribution in [0.1, 0.15) is 10.4 Å². The van der Waals surface area contributed by atoms with E-state index in [4.69, 9.17) is 11.6 Å².